The molecule has 0 saturated carbocycles. The number of H-pyrrole nitrogens is 1. The highest BCUT2D eigenvalue weighted by atomic mass is 35.5. The summed E-state index contributed by atoms with van der Waals surface area (Å²) in [6, 6.07) is 20.7. The predicted octanol–water partition coefficient (Wildman–Crippen LogP) is 8.52. The highest BCUT2D eigenvalue weighted by Crippen LogP contribution is 2.44. The second-order valence-electron chi connectivity index (χ2n) is 18.2. The Hall–Kier alpha value is -5.75. The first-order valence-corrected chi connectivity index (χ1v) is 23.9. The van der Waals surface area contributed by atoms with Crippen molar-refractivity contribution in [2.24, 2.45) is 5.41 Å². The van der Waals surface area contributed by atoms with E-state index in [4.69, 9.17) is 21.3 Å². The Morgan fingerprint density at radius 3 is 2.49 bits per heavy atom. The minimum Gasteiger partial charge on any atom is -0.381 e. The highest BCUT2D eigenvalue weighted by molar-refractivity contribution is 7.90. The minimum atomic E-state index is -4.63. The SMILES string of the molecule is CC1(C)CCC(CN2CCN(c3ccc(C(=O)NS(=O)(=O)c4ccc(NCC5(F)CCOCC5)c([N+](=O)[O-])c4)c(N4CCNc5nc6[nH]ccc6cc54)c3)CC2)=C(c2ccc(Cl)cc2)C1. The molecule has 342 valence electrons. The van der Waals surface area contributed by atoms with Crippen LogP contribution in [0.5, 0.6) is 0 Å². The lowest BCUT2D eigenvalue weighted by Gasteiger charge is -2.40. The van der Waals surface area contributed by atoms with Crippen molar-refractivity contribution < 1.29 is 27.3 Å². The quantitative estimate of drug-likeness (QED) is 0.0694. The highest BCUT2D eigenvalue weighted by Gasteiger charge is 2.35. The van der Waals surface area contributed by atoms with Gasteiger partial charge in [-0.05, 0) is 90.4 Å². The molecular weight excluding hydrogens is 873 g/mol. The van der Waals surface area contributed by atoms with Gasteiger partial charge in [-0.1, -0.05) is 43.2 Å². The Labute approximate surface area is 382 Å². The van der Waals surface area contributed by atoms with Gasteiger partial charge in [0.1, 0.15) is 17.0 Å². The van der Waals surface area contributed by atoms with Crippen LogP contribution < -0.4 is 25.2 Å². The smallest absolute Gasteiger partial charge is 0.293 e. The lowest BCUT2D eigenvalue weighted by Crippen LogP contribution is -2.47. The number of alkyl halides is 1. The summed E-state index contributed by atoms with van der Waals surface area (Å²) < 4.78 is 50.5. The fraction of sp³-hybridized carbons (Fsp3) is 0.404. The van der Waals surface area contributed by atoms with Gasteiger partial charge < -0.3 is 30.2 Å². The van der Waals surface area contributed by atoms with Crippen molar-refractivity contribution in [3.63, 3.8) is 0 Å². The van der Waals surface area contributed by atoms with Crippen molar-refractivity contribution in [3.8, 4) is 0 Å². The molecule has 5 aromatic rings. The Balaban J connectivity index is 0.976. The number of anilines is 5. The molecule has 65 heavy (non-hydrogen) atoms. The zero-order valence-electron chi connectivity index (χ0n) is 36.5. The standard InChI is InChI=1S/C47H53ClFN9O6S/c1-46(2)13-11-33(38(28-46)31-3-5-34(48)6-4-31)29-55-19-21-56(22-20-55)35-7-9-37(40(26-35)57-18-17-51-44-42(57)25-32-12-16-50-43(32)53-44)45(59)54-65(62,63)36-8-10-39(41(27-36)58(60)61)52-30-47(49)14-23-64-24-15-47/h3-10,12,16,25-27,52H,11,13-15,17-24,28-30H2,1-2H3,(H,54,59)(H2,50,51,53). The number of carbonyl (C=O) groups is 1. The number of hydrogen-bond acceptors (Lipinski definition) is 12. The number of aromatic nitrogens is 2. The van der Waals surface area contributed by atoms with Gasteiger partial charge >= 0.3 is 0 Å². The van der Waals surface area contributed by atoms with Crippen LogP contribution in [0.15, 0.2) is 89.5 Å². The third-order valence-electron chi connectivity index (χ3n) is 13.2. The van der Waals surface area contributed by atoms with Crippen LogP contribution in [0.2, 0.25) is 5.02 Å². The number of halogens is 2. The predicted molar refractivity (Wildman–Crippen MR) is 253 cm³/mol. The normalized spacial score (nSPS) is 18.8. The summed E-state index contributed by atoms with van der Waals surface area (Å²) in [6.07, 6.45) is 5.24. The number of pyridine rings is 1. The van der Waals surface area contributed by atoms with E-state index in [-0.39, 0.29) is 49.3 Å². The Morgan fingerprint density at radius 1 is 0.969 bits per heavy atom. The number of hydrogen-bond donors (Lipinski definition) is 4. The minimum absolute atomic E-state index is 0.0391. The molecule has 5 heterocycles. The molecular formula is C47H53ClFN9O6S. The maximum Gasteiger partial charge on any atom is 0.293 e. The average Bonchev–Trinajstić information content (AvgIpc) is 3.76. The number of allylic oxidation sites excluding steroid dienone is 1. The fourth-order valence-electron chi connectivity index (χ4n) is 9.38. The second-order valence-corrected chi connectivity index (χ2v) is 20.4. The summed E-state index contributed by atoms with van der Waals surface area (Å²) in [6.45, 7) is 9.89. The van der Waals surface area contributed by atoms with Crippen molar-refractivity contribution in [1.29, 1.82) is 0 Å². The van der Waals surface area contributed by atoms with Crippen LogP contribution in [-0.4, -0.2) is 105 Å². The molecule has 4 aliphatic rings. The Morgan fingerprint density at radius 2 is 1.74 bits per heavy atom. The molecule has 1 aliphatic carbocycles. The molecule has 3 aliphatic heterocycles. The fourth-order valence-corrected chi connectivity index (χ4v) is 10.5. The maximum atomic E-state index is 15.3. The molecule has 0 spiro atoms. The molecule has 18 heteroatoms. The van der Waals surface area contributed by atoms with Gasteiger partial charge in [0.15, 0.2) is 5.82 Å². The van der Waals surface area contributed by atoms with Crippen molar-refractivity contribution in [2.45, 2.75) is 56.5 Å². The van der Waals surface area contributed by atoms with Crippen molar-refractivity contribution in [3.05, 3.63) is 111 Å². The number of carbonyl (C=O) groups excluding carboxylic acids is 1. The molecule has 2 aromatic heterocycles. The molecule has 0 radical (unpaired) electrons. The van der Waals surface area contributed by atoms with E-state index in [2.05, 4.69) is 56.1 Å². The van der Waals surface area contributed by atoms with Crippen LogP contribution in [0.1, 0.15) is 61.9 Å². The average molecular weight is 927 g/mol. The van der Waals surface area contributed by atoms with Gasteiger partial charge in [0, 0.05) is 107 Å². The number of aromatic amines is 1. The topological polar surface area (TPSA) is 178 Å². The van der Waals surface area contributed by atoms with E-state index in [1.165, 1.54) is 22.8 Å². The van der Waals surface area contributed by atoms with Crippen LogP contribution in [0, 0.1) is 15.5 Å². The summed E-state index contributed by atoms with van der Waals surface area (Å²) in [5.74, 6) is -0.296. The van der Waals surface area contributed by atoms with E-state index >= 15 is 4.39 Å². The van der Waals surface area contributed by atoms with E-state index in [1.54, 1.807) is 12.3 Å². The molecule has 1 amide bonds. The number of nitrogens with one attached hydrogen (secondary N) is 4. The monoisotopic (exact) mass is 925 g/mol. The van der Waals surface area contributed by atoms with Gasteiger partial charge in [0.05, 0.1) is 26.8 Å². The molecule has 0 atom stereocenters. The molecule has 15 nitrogen and oxygen atoms in total. The van der Waals surface area contributed by atoms with E-state index in [1.807, 2.05) is 41.3 Å². The summed E-state index contributed by atoms with van der Waals surface area (Å²) in [5, 5.41) is 19.9. The second kappa shape index (κ2) is 17.9. The van der Waals surface area contributed by atoms with Crippen LogP contribution in [0.3, 0.4) is 0 Å². The number of nitro benzene ring substituents is 1. The van der Waals surface area contributed by atoms with Crippen LogP contribution in [0.4, 0.5) is 38.6 Å². The van der Waals surface area contributed by atoms with Crippen LogP contribution >= 0.6 is 11.6 Å². The number of ether oxygens (including phenoxy) is 1. The van der Waals surface area contributed by atoms with Gasteiger partial charge in [-0.25, -0.2) is 22.5 Å². The van der Waals surface area contributed by atoms with E-state index in [0.29, 0.717) is 30.2 Å². The molecule has 0 bridgehead atoms. The Kier molecular flexibility index (Phi) is 12.2. The number of nitro groups is 1. The van der Waals surface area contributed by atoms with E-state index in [0.717, 1.165) is 85.9 Å². The van der Waals surface area contributed by atoms with Gasteiger partial charge in [-0.3, -0.25) is 19.8 Å². The number of benzene rings is 3. The van der Waals surface area contributed by atoms with Gasteiger partial charge in [-0.15, -0.1) is 0 Å². The van der Waals surface area contributed by atoms with Crippen molar-refractivity contribution in [2.75, 3.05) is 86.0 Å². The largest absolute Gasteiger partial charge is 0.381 e. The van der Waals surface area contributed by atoms with Crippen molar-refractivity contribution in [1.82, 2.24) is 19.6 Å². The third kappa shape index (κ3) is 9.64. The van der Waals surface area contributed by atoms with Gasteiger partial charge in [0.2, 0.25) is 0 Å². The molecule has 3 aromatic carbocycles. The molecule has 2 fully saturated rings. The van der Waals surface area contributed by atoms with E-state index < -0.39 is 37.1 Å². The zero-order valence-corrected chi connectivity index (χ0v) is 38.0. The summed E-state index contributed by atoms with van der Waals surface area (Å²) in [7, 11) is -4.63. The zero-order chi connectivity index (χ0) is 45.5. The van der Waals surface area contributed by atoms with Gasteiger partial charge in [0.25, 0.3) is 21.6 Å². The Bertz CT molecular complexity index is 2770. The number of nitrogens with zero attached hydrogens (tertiary/aromatic N) is 5. The lowest BCUT2D eigenvalue weighted by atomic mass is 9.72. The first-order chi connectivity index (χ1) is 31.1. The summed E-state index contributed by atoms with van der Waals surface area (Å²) in [5.41, 5.74) is 4.97. The number of rotatable bonds is 12. The van der Waals surface area contributed by atoms with Crippen LogP contribution in [0.25, 0.3) is 16.6 Å². The summed E-state index contributed by atoms with van der Waals surface area (Å²) >= 11 is 6.26. The number of sulfonamides is 1. The number of amides is 1. The molecule has 9 rings (SSSR count). The number of piperazine rings is 1. The maximum absolute atomic E-state index is 15.3. The van der Waals surface area contributed by atoms with E-state index in [9.17, 15) is 23.3 Å². The van der Waals surface area contributed by atoms with Gasteiger partial charge in [-0.2, -0.15) is 0 Å². The molecule has 2 saturated heterocycles. The number of fused-ring (bicyclic) bond motifs is 2. The first kappa shape index (κ1) is 44.5. The summed E-state index contributed by atoms with van der Waals surface area (Å²) in [4.78, 5) is 39.9. The van der Waals surface area contributed by atoms with Crippen molar-refractivity contribution >= 4 is 78.4 Å². The molecule has 4 N–H and O–H groups in total. The first-order valence-electron chi connectivity index (χ1n) is 22.1. The third-order valence-corrected chi connectivity index (χ3v) is 14.7. The van der Waals surface area contributed by atoms with Crippen LogP contribution in [-0.2, 0) is 14.8 Å². The lowest BCUT2D eigenvalue weighted by molar-refractivity contribution is -0.384. The molecule has 0 unspecified atom stereocenters.